The molecule has 1 aromatic carbocycles. The van der Waals surface area contributed by atoms with Crippen molar-refractivity contribution in [1.82, 2.24) is 10.1 Å². The number of benzene rings is 1. The minimum absolute atomic E-state index is 0.0289. The molecule has 1 amide bonds. The van der Waals surface area contributed by atoms with Gasteiger partial charge < -0.3 is 20.3 Å². The van der Waals surface area contributed by atoms with Crippen LogP contribution in [-0.4, -0.2) is 39.6 Å². The van der Waals surface area contributed by atoms with Crippen LogP contribution in [-0.2, 0) is 10.2 Å². The second-order valence-corrected chi connectivity index (χ2v) is 8.16. The van der Waals surface area contributed by atoms with E-state index < -0.39 is 12.0 Å². The fraction of sp³-hybridized carbons (Fsp3) is 0.450. The summed E-state index contributed by atoms with van der Waals surface area (Å²) in [7, 11) is 0. The van der Waals surface area contributed by atoms with E-state index in [0.29, 0.717) is 29.4 Å². The highest BCUT2D eigenvalue weighted by molar-refractivity contribution is 6.30. The third kappa shape index (κ3) is 5.73. The van der Waals surface area contributed by atoms with Crippen LogP contribution in [0.4, 0.5) is 5.88 Å². The van der Waals surface area contributed by atoms with E-state index in [-0.39, 0.29) is 11.3 Å². The summed E-state index contributed by atoms with van der Waals surface area (Å²) in [5, 5.41) is 13.5. The number of piperidine rings is 1. The number of nitrogens with zero attached hydrogens (tertiary/aromatic N) is 2. The first kappa shape index (κ1) is 21.8. The summed E-state index contributed by atoms with van der Waals surface area (Å²) in [5.74, 6) is -0.791. The second-order valence-electron chi connectivity index (χ2n) is 7.72. The number of aliphatic carboxylic acids is 1. The number of halogens is 1. The van der Waals surface area contributed by atoms with Gasteiger partial charge in [-0.25, -0.2) is 4.79 Å². The van der Waals surface area contributed by atoms with Crippen molar-refractivity contribution in [3.63, 3.8) is 0 Å². The Morgan fingerprint density at radius 3 is 2.36 bits per heavy atom. The van der Waals surface area contributed by atoms with Crippen LogP contribution in [0.3, 0.4) is 0 Å². The Bertz CT molecular complexity index is 812. The molecule has 0 radical (unpaired) electrons. The Balaban J connectivity index is 0.000000237. The minimum atomic E-state index is -0.933. The lowest BCUT2D eigenvalue weighted by molar-refractivity contribution is -0.143. The molecule has 1 aliphatic rings. The van der Waals surface area contributed by atoms with Gasteiger partial charge in [0.2, 0.25) is 5.88 Å². The molecule has 2 heterocycles. The summed E-state index contributed by atoms with van der Waals surface area (Å²) in [6.07, 6.45) is 2.22. The smallest absolute Gasteiger partial charge is 0.326 e. The van der Waals surface area contributed by atoms with Crippen molar-refractivity contribution < 1.29 is 19.2 Å². The van der Waals surface area contributed by atoms with Crippen LogP contribution in [0.1, 0.15) is 56.1 Å². The molecule has 1 atom stereocenters. The Morgan fingerprint density at radius 1 is 1.25 bits per heavy atom. The fourth-order valence-corrected chi connectivity index (χ4v) is 2.96. The van der Waals surface area contributed by atoms with Gasteiger partial charge in [-0.2, -0.15) is 0 Å². The molecule has 0 bridgehead atoms. The Morgan fingerprint density at radius 2 is 1.89 bits per heavy atom. The molecule has 8 heteroatoms. The average molecular weight is 408 g/mol. The zero-order valence-electron chi connectivity index (χ0n) is 16.3. The lowest BCUT2D eigenvalue weighted by atomic mass is 9.92. The molecular formula is C20H26ClN3O4. The summed E-state index contributed by atoms with van der Waals surface area (Å²) in [6, 6.07) is 7.56. The largest absolute Gasteiger partial charge is 0.480 e. The fourth-order valence-electron chi connectivity index (χ4n) is 2.83. The van der Waals surface area contributed by atoms with Crippen LogP contribution in [0.2, 0.25) is 5.02 Å². The van der Waals surface area contributed by atoms with E-state index in [0.717, 1.165) is 18.5 Å². The lowest BCUT2D eigenvalue weighted by Gasteiger charge is -2.33. The van der Waals surface area contributed by atoms with Crippen molar-refractivity contribution in [2.24, 2.45) is 0 Å². The highest BCUT2D eigenvalue weighted by atomic mass is 35.5. The lowest BCUT2D eigenvalue weighted by Crippen LogP contribution is -2.47. The number of nitrogen functional groups attached to an aromatic ring is 1. The molecule has 28 heavy (non-hydrogen) atoms. The van der Waals surface area contributed by atoms with Crippen molar-refractivity contribution >= 4 is 29.4 Å². The first-order chi connectivity index (χ1) is 13.1. The maximum Gasteiger partial charge on any atom is 0.326 e. The van der Waals surface area contributed by atoms with Gasteiger partial charge in [0.15, 0.2) is 0 Å². The summed E-state index contributed by atoms with van der Waals surface area (Å²) >= 11 is 5.76. The molecule has 1 aliphatic heterocycles. The third-order valence-electron chi connectivity index (χ3n) is 4.44. The molecular weight excluding hydrogens is 382 g/mol. The predicted octanol–water partition coefficient (Wildman–Crippen LogP) is 3.97. The van der Waals surface area contributed by atoms with Crippen molar-refractivity contribution in [2.75, 3.05) is 12.3 Å². The number of carboxylic acid groups (broad SMARTS) is 1. The van der Waals surface area contributed by atoms with Crippen LogP contribution in [0.5, 0.6) is 0 Å². The van der Waals surface area contributed by atoms with E-state index in [2.05, 4.69) is 25.9 Å². The molecule has 1 aromatic heterocycles. The maximum absolute atomic E-state index is 12.2. The number of amides is 1. The van der Waals surface area contributed by atoms with Crippen molar-refractivity contribution in [1.29, 1.82) is 0 Å². The number of carboxylic acids is 1. The first-order valence-corrected chi connectivity index (χ1v) is 9.49. The molecule has 3 rings (SSSR count). The van der Waals surface area contributed by atoms with Gasteiger partial charge in [-0.15, -0.1) is 0 Å². The summed E-state index contributed by atoms with van der Waals surface area (Å²) in [5.41, 5.74) is 6.75. The zero-order valence-corrected chi connectivity index (χ0v) is 17.1. The summed E-state index contributed by atoms with van der Waals surface area (Å²) < 4.78 is 4.72. The van der Waals surface area contributed by atoms with E-state index in [9.17, 15) is 9.59 Å². The van der Waals surface area contributed by atoms with Crippen LogP contribution in [0.25, 0.3) is 0 Å². The van der Waals surface area contributed by atoms with Crippen LogP contribution in [0.15, 0.2) is 34.9 Å². The Kier molecular flexibility index (Phi) is 7.07. The van der Waals surface area contributed by atoms with Crippen LogP contribution >= 0.6 is 11.6 Å². The van der Waals surface area contributed by atoms with Gasteiger partial charge in [-0.05, 0) is 43.5 Å². The topological polar surface area (TPSA) is 110 Å². The molecule has 152 valence electrons. The molecule has 0 unspecified atom stereocenters. The van der Waals surface area contributed by atoms with Gasteiger partial charge in [-0.1, -0.05) is 37.5 Å². The second kappa shape index (κ2) is 9.10. The molecule has 0 aliphatic carbocycles. The van der Waals surface area contributed by atoms with Crippen molar-refractivity contribution in [2.45, 2.75) is 51.5 Å². The van der Waals surface area contributed by atoms with Crippen LogP contribution < -0.4 is 5.73 Å². The molecule has 0 saturated carbocycles. The number of hydrogen-bond acceptors (Lipinski definition) is 5. The Labute approximate surface area is 169 Å². The first-order valence-electron chi connectivity index (χ1n) is 9.11. The van der Waals surface area contributed by atoms with Crippen molar-refractivity contribution in [3.05, 3.63) is 46.6 Å². The number of carbonyl (C=O) groups is 2. The van der Waals surface area contributed by atoms with Crippen molar-refractivity contribution in [3.8, 4) is 0 Å². The summed E-state index contributed by atoms with van der Waals surface area (Å²) in [4.78, 5) is 24.8. The van der Waals surface area contributed by atoms with Gasteiger partial charge in [0.05, 0.1) is 5.69 Å². The standard InChI is InChI=1S/C13H14ClNO3.C7H12N2O/c14-10-6-4-9(5-7-10)12(16)15-8-2-1-3-11(15)13(17)18;1-7(2,3)5-4-6(8)10-9-5/h4-7,11H,1-3,8H2,(H,17,18);4H,8H2,1-3H3/t11-;/m0./s1. The highest BCUT2D eigenvalue weighted by Crippen LogP contribution is 2.22. The number of rotatable bonds is 2. The monoisotopic (exact) mass is 407 g/mol. The SMILES string of the molecule is CC(C)(C)c1cc(N)on1.O=C(O)[C@@H]1CCCCN1C(=O)c1ccc(Cl)cc1. The third-order valence-corrected chi connectivity index (χ3v) is 4.69. The maximum atomic E-state index is 12.2. The molecule has 3 N–H and O–H groups in total. The Hall–Kier alpha value is -2.54. The van der Waals surface area contributed by atoms with E-state index in [4.69, 9.17) is 27.0 Å². The predicted molar refractivity (Wildman–Crippen MR) is 107 cm³/mol. The number of hydrogen-bond donors (Lipinski definition) is 2. The molecule has 1 fully saturated rings. The normalized spacial score (nSPS) is 16.9. The zero-order chi connectivity index (χ0) is 20.9. The van der Waals surface area contributed by atoms with Gasteiger partial charge >= 0.3 is 5.97 Å². The summed E-state index contributed by atoms with van der Waals surface area (Å²) in [6.45, 7) is 6.68. The quantitative estimate of drug-likeness (QED) is 0.779. The highest BCUT2D eigenvalue weighted by Gasteiger charge is 2.32. The molecule has 2 aromatic rings. The van der Waals surface area contributed by atoms with E-state index in [1.807, 2.05) is 0 Å². The van der Waals surface area contributed by atoms with E-state index in [1.165, 1.54) is 4.90 Å². The van der Waals surface area contributed by atoms with E-state index in [1.54, 1.807) is 30.3 Å². The van der Waals surface area contributed by atoms with Gasteiger partial charge in [0, 0.05) is 28.6 Å². The van der Waals surface area contributed by atoms with Gasteiger partial charge in [0.1, 0.15) is 6.04 Å². The van der Waals surface area contributed by atoms with Gasteiger partial charge in [0.25, 0.3) is 5.91 Å². The number of anilines is 1. The minimum Gasteiger partial charge on any atom is -0.480 e. The van der Waals surface area contributed by atoms with Crippen LogP contribution in [0, 0.1) is 0 Å². The number of aromatic nitrogens is 1. The molecule has 0 spiro atoms. The molecule has 7 nitrogen and oxygen atoms in total. The molecule has 1 saturated heterocycles. The average Bonchev–Trinajstić information content (AvgIpc) is 3.09. The van der Waals surface area contributed by atoms with Gasteiger partial charge in [-0.3, -0.25) is 4.79 Å². The van der Waals surface area contributed by atoms with E-state index >= 15 is 0 Å². The number of nitrogens with two attached hydrogens (primary N) is 1. The number of likely N-dealkylation sites (tertiary alicyclic amines) is 1. The number of carbonyl (C=O) groups excluding carboxylic acids is 1.